The normalized spacial score (nSPS) is 10.3. The lowest BCUT2D eigenvalue weighted by Crippen LogP contribution is -2.00. The first-order valence-corrected chi connectivity index (χ1v) is 6.57. The van der Waals surface area contributed by atoms with E-state index in [1.54, 1.807) is 0 Å². The molecule has 2 aromatic carbocycles. The number of aryl methyl sites for hydroxylation is 1. The fourth-order valence-electron chi connectivity index (χ4n) is 1.62. The number of hydrogen-bond donors (Lipinski definition) is 1. The third kappa shape index (κ3) is 3.48. The van der Waals surface area contributed by atoms with Gasteiger partial charge in [-0.3, -0.25) is 0 Å². The third-order valence-corrected chi connectivity index (χ3v) is 3.49. The van der Waals surface area contributed by atoms with Crippen LogP contribution < -0.4 is 5.32 Å². The molecule has 0 aliphatic heterocycles. The molecule has 17 heavy (non-hydrogen) atoms. The van der Waals surface area contributed by atoms with E-state index in [2.05, 4.69) is 52.4 Å². The van der Waals surface area contributed by atoms with Crippen LogP contribution in [0.3, 0.4) is 0 Å². The molecule has 0 saturated heterocycles. The van der Waals surface area contributed by atoms with Crippen molar-refractivity contribution in [3.8, 4) is 0 Å². The summed E-state index contributed by atoms with van der Waals surface area (Å²) in [4.78, 5) is 0. The summed E-state index contributed by atoms with van der Waals surface area (Å²) >= 11 is 9.42. The number of halogens is 2. The molecule has 0 heterocycles. The Kier molecular flexibility index (Phi) is 4.08. The number of hydrogen-bond acceptors (Lipinski definition) is 1. The van der Waals surface area contributed by atoms with Crippen LogP contribution in [0.5, 0.6) is 0 Å². The minimum absolute atomic E-state index is 0.746. The molecule has 0 aliphatic rings. The van der Waals surface area contributed by atoms with E-state index in [1.165, 1.54) is 11.1 Å². The zero-order valence-electron chi connectivity index (χ0n) is 9.50. The summed E-state index contributed by atoms with van der Waals surface area (Å²) in [5.74, 6) is 0. The van der Waals surface area contributed by atoms with Crippen molar-refractivity contribution in [1.29, 1.82) is 0 Å². The summed E-state index contributed by atoms with van der Waals surface area (Å²) in [6.45, 7) is 2.87. The van der Waals surface area contributed by atoms with E-state index in [1.807, 2.05) is 18.2 Å². The summed E-state index contributed by atoms with van der Waals surface area (Å²) in [6, 6.07) is 14.2. The van der Waals surface area contributed by atoms with Crippen molar-refractivity contribution in [1.82, 2.24) is 0 Å². The molecule has 0 amide bonds. The second kappa shape index (κ2) is 5.56. The average molecular weight is 311 g/mol. The highest BCUT2D eigenvalue weighted by molar-refractivity contribution is 9.10. The van der Waals surface area contributed by atoms with Gasteiger partial charge in [-0.1, -0.05) is 45.7 Å². The fraction of sp³-hybridized carbons (Fsp3) is 0.143. The lowest BCUT2D eigenvalue weighted by atomic mass is 10.2. The van der Waals surface area contributed by atoms with Crippen molar-refractivity contribution in [2.24, 2.45) is 0 Å². The highest BCUT2D eigenvalue weighted by Gasteiger charge is 2.00. The van der Waals surface area contributed by atoms with Crippen LogP contribution in [0.1, 0.15) is 11.1 Å². The van der Waals surface area contributed by atoms with Gasteiger partial charge < -0.3 is 5.32 Å². The Morgan fingerprint density at radius 3 is 2.71 bits per heavy atom. The van der Waals surface area contributed by atoms with E-state index in [-0.39, 0.29) is 0 Å². The number of rotatable bonds is 3. The Balaban J connectivity index is 2.07. The number of benzene rings is 2. The lowest BCUT2D eigenvalue weighted by Gasteiger charge is -2.09. The summed E-state index contributed by atoms with van der Waals surface area (Å²) in [7, 11) is 0. The molecule has 1 N–H and O–H groups in total. The van der Waals surface area contributed by atoms with Gasteiger partial charge in [0.25, 0.3) is 0 Å². The molecule has 2 rings (SSSR count). The second-order valence-corrected chi connectivity index (χ2v) is 5.25. The Morgan fingerprint density at radius 2 is 2.00 bits per heavy atom. The number of anilines is 1. The Morgan fingerprint density at radius 1 is 1.18 bits per heavy atom. The van der Waals surface area contributed by atoms with E-state index in [4.69, 9.17) is 11.6 Å². The standard InChI is InChI=1S/C14H13BrClN/c1-10-3-2-4-13(7-10)17-9-11-5-6-12(16)8-14(11)15/h2-8,17H,9H2,1H3. The molecule has 0 atom stereocenters. The van der Waals surface area contributed by atoms with E-state index in [0.717, 1.165) is 21.7 Å². The van der Waals surface area contributed by atoms with Gasteiger partial charge >= 0.3 is 0 Å². The van der Waals surface area contributed by atoms with E-state index in [9.17, 15) is 0 Å². The maximum Gasteiger partial charge on any atom is 0.0417 e. The molecule has 0 aliphatic carbocycles. The quantitative estimate of drug-likeness (QED) is 0.839. The van der Waals surface area contributed by atoms with Gasteiger partial charge in [-0.15, -0.1) is 0 Å². The summed E-state index contributed by atoms with van der Waals surface area (Å²) in [6.07, 6.45) is 0. The molecule has 0 aromatic heterocycles. The molecule has 2 aromatic rings. The first-order valence-electron chi connectivity index (χ1n) is 5.39. The predicted octanol–water partition coefficient (Wildman–Crippen LogP) is 5.02. The van der Waals surface area contributed by atoms with Gasteiger partial charge in [-0.05, 0) is 42.3 Å². The highest BCUT2D eigenvalue weighted by Crippen LogP contribution is 2.22. The van der Waals surface area contributed by atoms with E-state index >= 15 is 0 Å². The first-order chi connectivity index (χ1) is 8.15. The third-order valence-electron chi connectivity index (χ3n) is 2.52. The highest BCUT2D eigenvalue weighted by atomic mass is 79.9. The molecular weight excluding hydrogens is 298 g/mol. The van der Waals surface area contributed by atoms with Gasteiger partial charge in [0, 0.05) is 21.7 Å². The summed E-state index contributed by atoms with van der Waals surface area (Å²) in [5.41, 5.74) is 3.58. The molecule has 88 valence electrons. The summed E-state index contributed by atoms with van der Waals surface area (Å²) in [5, 5.41) is 4.14. The molecule has 1 nitrogen and oxygen atoms in total. The molecule has 3 heteroatoms. The van der Waals surface area contributed by atoms with Gasteiger partial charge in [0.15, 0.2) is 0 Å². The van der Waals surface area contributed by atoms with Crippen molar-refractivity contribution in [3.05, 3.63) is 63.1 Å². The van der Waals surface area contributed by atoms with Crippen LogP contribution in [0.4, 0.5) is 5.69 Å². The Bertz CT molecular complexity index is 525. The fourth-order valence-corrected chi connectivity index (χ4v) is 2.44. The second-order valence-electron chi connectivity index (χ2n) is 3.96. The van der Waals surface area contributed by atoms with Crippen LogP contribution >= 0.6 is 27.5 Å². The minimum Gasteiger partial charge on any atom is -0.381 e. The van der Waals surface area contributed by atoms with Crippen molar-refractivity contribution in [2.45, 2.75) is 13.5 Å². The number of nitrogens with one attached hydrogen (secondary N) is 1. The van der Waals surface area contributed by atoms with Crippen LogP contribution in [-0.4, -0.2) is 0 Å². The average Bonchev–Trinajstić information content (AvgIpc) is 2.28. The van der Waals surface area contributed by atoms with Crippen LogP contribution in [0.15, 0.2) is 46.9 Å². The predicted molar refractivity (Wildman–Crippen MR) is 77.7 cm³/mol. The minimum atomic E-state index is 0.746. The van der Waals surface area contributed by atoms with Gasteiger partial charge in [-0.2, -0.15) is 0 Å². The zero-order chi connectivity index (χ0) is 12.3. The SMILES string of the molecule is Cc1cccc(NCc2ccc(Cl)cc2Br)c1. The van der Waals surface area contributed by atoms with Crippen LogP contribution in [-0.2, 0) is 6.54 Å². The summed E-state index contributed by atoms with van der Waals surface area (Å²) < 4.78 is 1.03. The van der Waals surface area contributed by atoms with Gasteiger partial charge in [0.2, 0.25) is 0 Å². The largest absolute Gasteiger partial charge is 0.381 e. The molecule has 0 unspecified atom stereocenters. The van der Waals surface area contributed by atoms with Crippen molar-refractivity contribution < 1.29 is 0 Å². The first kappa shape index (κ1) is 12.5. The van der Waals surface area contributed by atoms with Crippen molar-refractivity contribution >= 4 is 33.2 Å². The molecule has 0 saturated carbocycles. The Hall–Kier alpha value is -0.990. The monoisotopic (exact) mass is 309 g/mol. The van der Waals surface area contributed by atoms with Gasteiger partial charge in [0.05, 0.1) is 0 Å². The van der Waals surface area contributed by atoms with Crippen LogP contribution in [0, 0.1) is 6.92 Å². The maximum atomic E-state index is 5.90. The van der Waals surface area contributed by atoms with Crippen LogP contribution in [0.2, 0.25) is 5.02 Å². The molecule has 0 bridgehead atoms. The Labute approximate surface area is 115 Å². The van der Waals surface area contributed by atoms with Crippen molar-refractivity contribution in [3.63, 3.8) is 0 Å². The van der Waals surface area contributed by atoms with Crippen molar-refractivity contribution in [2.75, 3.05) is 5.32 Å². The zero-order valence-corrected chi connectivity index (χ0v) is 11.8. The van der Waals surface area contributed by atoms with E-state index in [0.29, 0.717) is 0 Å². The molecular formula is C14H13BrClN. The maximum absolute atomic E-state index is 5.90. The van der Waals surface area contributed by atoms with E-state index < -0.39 is 0 Å². The van der Waals surface area contributed by atoms with Gasteiger partial charge in [0.1, 0.15) is 0 Å². The molecule has 0 fully saturated rings. The lowest BCUT2D eigenvalue weighted by molar-refractivity contribution is 1.13. The molecule has 0 radical (unpaired) electrons. The van der Waals surface area contributed by atoms with Crippen LogP contribution in [0.25, 0.3) is 0 Å². The topological polar surface area (TPSA) is 12.0 Å². The molecule has 0 spiro atoms. The van der Waals surface area contributed by atoms with Gasteiger partial charge in [-0.25, -0.2) is 0 Å². The smallest absolute Gasteiger partial charge is 0.0417 e.